The number of hydrogen-bond acceptors (Lipinski definition) is 3. The minimum absolute atomic E-state index is 0.00502. The van der Waals surface area contributed by atoms with Gasteiger partial charge in [-0.1, -0.05) is 17.7 Å². The average Bonchev–Trinajstić information content (AvgIpc) is 3.42. The van der Waals surface area contributed by atoms with Crippen molar-refractivity contribution in [1.82, 2.24) is 10.3 Å². The van der Waals surface area contributed by atoms with Crippen LogP contribution in [0.3, 0.4) is 0 Å². The number of pyridine rings is 1. The number of carbonyl (C=O) groups excluding carboxylic acids is 2. The molecule has 1 aliphatic rings. The second-order valence-electron chi connectivity index (χ2n) is 6.21. The third-order valence-electron chi connectivity index (χ3n) is 4.21. The van der Waals surface area contributed by atoms with Crippen LogP contribution in [0.5, 0.6) is 0 Å². The molecule has 1 saturated carbocycles. The first-order valence-corrected chi connectivity index (χ1v) is 8.47. The summed E-state index contributed by atoms with van der Waals surface area (Å²) in [6.45, 7) is 0.289. The van der Waals surface area contributed by atoms with Gasteiger partial charge in [-0.2, -0.15) is 13.2 Å². The Kier molecular flexibility index (Phi) is 5.36. The van der Waals surface area contributed by atoms with Crippen LogP contribution in [0.4, 0.5) is 18.9 Å². The highest BCUT2D eigenvalue weighted by atomic mass is 35.5. The lowest BCUT2D eigenvalue weighted by Crippen LogP contribution is -2.27. The quantitative estimate of drug-likeness (QED) is 0.809. The standard InChI is InChI=1S/C18H15ClF3N3O2/c19-14-4-3-11(18(20,21)22)6-15(14)25-17(27)13-7-12(13)16(26)24-9-10-2-1-5-23-8-10/h1-6,8,12-13H,7,9H2,(H,24,26)(H,25,27). The zero-order chi connectivity index (χ0) is 19.6. The zero-order valence-electron chi connectivity index (χ0n) is 13.9. The predicted octanol–water partition coefficient (Wildman–Crippen LogP) is 3.64. The smallest absolute Gasteiger partial charge is 0.352 e. The first-order valence-electron chi connectivity index (χ1n) is 8.10. The van der Waals surface area contributed by atoms with E-state index in [1.807, 2.05) is 0 Å². The maximum absolute atomic E-state index is 12.8. The number of nitrogens with one attached hydrogen (secondary N) is 2. The van der Waals surface area contributed by atoms with Crippen molar-refractivity contribution < 1.29 is 22.8 Å². The minimum Gasteiger partial charge on any atom is -0.352 e. The molecular weight excluding hydrogens is 383 g/mol. The normalized spacial score (nSPS) is 18.7. The summed E-state index contributed by atoms with van der Waals surface area (Å²) >= 11 is 5.86. The monoisotopic (exact) mass is 397 g/mol. The Labute approximate surface area is 157 Å². The van der Waals surface area contributed by atoms with E-state index in [9.17, 15) is 22.8 Å². The average molecular weight is 398 g/mol. The molecule has 2 atom stereocenters. The van der Waals surface area contributed by atoms with Crippen molar-refractivity contribution in [3.05, 3.63) is 58.9 Å². The molecule has 0 bridgehead atoms. The lowest BCUT2D eigenvalue weighted by molar-refractivity contribution is -0.137. The number of halogens is 4. The summed E-state index contributed by atoms with van der Waals surface area (Å²) in [6, 6.07) is 6.24. The molecule has 1 aromatic heterocycles. The Bertz CT molecular complexity index is 859. The predicted molar refractivity (Wildman–Crippen MR) is 92.8 cm³/mol. The van der Waals surface area contributed by atoms with Crippen LogP contribution in [0.2, 0.25) is 5.02 Å². The van der Waals surface area contributed by atoms with E-state index in [-0.39, 0.29) is 23.2 Å². The molecule has 3 rings (SSSR count). The van der Waals surface area contributed by atoms with Crippen LogP contribution in [-0.2, 0) is 22.3 Å². The Morgan fingerprint density at radius 3 is 2.59 bits per heavy atom. The highest BCUT2D eigenvalue weighted by Crippen LogP contribution is 2.40. The van der Waals surface area contributed by atoms with Crippen molar-refractivity contribution in [1.29, 1.82) is 0 Å². The van der Waals surface area contributed by atoms with Gasteiger partial charge in [0.1, 0.15) is 0 Å². The summed E-state index contributed by atoms with van der Waals surface area (Å²) in [5.41, 5.74) is -0.218. The Morgan fingerprint density at radius 1 is 1.19 bits per heavy atom. The first kappa shape index (κ1) is 19.2. The van der Waals surface area contributed by atoms with E-state index in [1.165, 1.54) is 0 Å². The molecule has 1 aliphatic carbocycles. The van der Waals surface area contributed by atoms with Crippen molar-refractivity contribution in [2.75, 3.05) is 5.32 Å². The molecule has 2 amide bonds. The fourth-order valence-corrected chi connectivity index (χ4v) is 2.79. The molecule has 0 aliphatic heterocycles. The van der Waals surface area contributed by atoms with Gasteiger partial charge in [-0.3, -0.25) is 14.6 Å². The Morgan fingerprint density at radius 2 is 1.93 bits per heavy atom. The van der Waals surface area contributed by atoms with E-state index in [0.29, 0.717) is 6.42 Å². The number of anilines is 1. The van der Waals surface area contributed by atoms with Gasteiger partial charge in [-0.15, -0.1) is 0 Å². The molecule has 2 unspecified atom stereocenters. The molecule has 0 radical (unpaired) electrons. The van der Waals surface area contributed by atoms with Crippen molar-refractivity contribution in [3.8, 4) is 0 Å². The van der Waals surface area contributed by atoms with Crippen LogP contribution in [0.15, 0.2) is 42.7 Å². The van der Waals surface area contributed by atoms with Gasteiger partial charge in [0.25, 0.3) is 0 Å². The van der Waals surface area contributed by atoms with Gasteiger partial charge in [0.15, 0.2) is 0 Å². The van der Waals surface area contributed by atoms with E-state index in [1.54, 1.807) is 24.5 Å². The molecule has 27 heavy (non-hydrogen) atoms. The zero-order valence-corrected chi connectivity index (χ0v) is 14.6. The second-order valence-corrected chi connectivity index (χ2v) is 6.62. The number of benzene rings is 1. The number of rotatable bonds is 5. The highest BCUT2D eigenvalue weighted by molar-refractivity contribution is 6.33. The maximum atomic E-state index is 12.8. The van der Waals surface area contributed by atoms with Gasteiger partial charge >= 0.3 is 6.18 Å². The topological polar surface area (TPSA) is 71.1 Å². The van der Waals surface area contributed by atoms with Crippen LogP contribution in [-0.4, -0.2) is 16.8 Å². The molecule has 1 heterocycles. The molecule has 2 N–H and O–H groups in total. The van der Waals surface area contributed by atoms with E-state index in [0.717, 1.165) is 23.8 Å². The van der Waals surface area contributed by atoms with Crippen LogP contribution in [0, 0.1) is 11.8 Å². The number of carbonyl (C=O) groups is 2. The minimum atomic E-state index is -4.54. The summed E-state index contributed by atoms with van der Waals surface area (Å²) in [7, 11) is 0. The number of nitrogens with zero attached hydrogens (tertiary/aromatic N) is 1. The van der Waals surface area contributed by atoms with Crippen LogP contribution < -0.4 is 10.6 Å². The van der Waals surface area contributed by atoms with E-state index < -0.39 is 29.5 Å². The first-order chi connectivity index (χ1) is 12.8. The Hall–Kier alpha value is -2.61. The van der Waals surface area contributed by atoms with E-state index in [2.05, 4.69) is 15.6 Å². The summed E-state index contributed by atoms with van der Waals surface area (Å²) in [4.78, 5) is 28.3. The van der Waals surface area contributed by atoms with Crippen molar-refractivity contribution in [2.45, 2.75) is 19.1 Å². The van der Waals surface area contributed by atoms with Crippen molar-refractivity contribution in [2.24, 2.45) is 11.8 Å². The largest absolute Gasteiger partial charge is 0.416 e. The van der Waals surface area contributed by atoms with Crippen LogP contribution in [0.1, 0.15) is 17.5 Å². The molecule has 0 saturated heterocycles. The molecule has 142 valence electrons. The SMILES string of the molecule is O=C(NCc1cccnc1)C1CC1C(=O)Nc1cc(C(F)(F)F)ccc1Cl. The maximum Gasteiger partial charge on any atom is 0.416 e. The number of alkyl halides is 3. The molecule has 1 fully saturated rings. The van der Waals surface area contributed by atoms with Gasteiger partial charge in [0.05, 0.1) is 28.1 Å². The van der Waals surface area contributed by atoms with Gasteiger partial charge in [0, 0.05) is 18.9 Å². The Balaban J connectivity index is 1.56. The molecule has 2 aromatic rings. The highest BCUT2D eigenvalue weighted by Gasteiger charge is 2.48. The summed E-state index contributed by atoms with van der Waals surface area (Å²) in [5.74, 6) is -1.91. The summed E-state index contributed by atoms with van der Waals surface area (Å²) < 4.78 is 38.4. The lowest BCUT2D eigenvalue weighted by Gasteiger charge is -2.11. The van der Waals surface area contributed by atoms with Crippen LogP contribution in [0.25, 0.3) is 0 Å². The molecule has 1 aromatic carbocycles. The number of amides is 2. The van der Waals surface area contributed by atoms with E-state index in [4.69, 9.17) is 11.6 Å². The van der Waals surface area contributed by atoms with Crippen LogP contribution >= 0.6 is 11.6 Å². The number of aromatic nitrogens is 1. The molecule has 9 heteroatoms. The number of hydrogen-bond donors (Lipinski definition) is 2. The van der Waals surface area contributed by atoms with Gasteiger partial charge in [-0.05, 0) is 36.2 Å². The van der Waals surface area contributed by atoms with Crippen molar-refractivity contribution in [3.63, 3.8) is 0 Å². The van der Waals surface area contributed by atoms with Gasteiger partial charge in [0.2, 0.25) is 11.8 Å². The fourth-order valence-electron chi connectivity index (χ4n) is 2.62. The summed E-state index contributed by atoms with van der Waals surface area (Å²) in [5, 5.41) is 5.09. The van der Waals surface area contributed by atoms with E-state index >= 15 is 0 Å². The van der Waals surface area contributed by atoms with Crippen molar-refractivity contribution >= 4 is 29.1 Å². The molecule has 0 spiro atoms. The molecular formula is C18H15ClF3N3O2. The molecule has 5 nitrogen and oxygen atoms in total. The third kappa shape index (κ3) is 4.77. The lowest BCUT2D eigenvalue weighted by atomic mass is 10.2. The fraction of sp³-hybridized carbons (Fsp3) is 0.278. The van der Waals surface area contributed by atoms with Gasteiger partial charge in [-0.25, -0.2) is 0 Å². The third-order valence-corrected chi connectivity index (χ3v) is 4.53. The van der Waals surface area contributed by atoms with Gasteiger partial charge < -0.3 is 10.6 Å². The summed E-state index contributed by atoms with van der Waals surface area (Å²) in [6.07, 6.45) is -0.974. The second kappa shape index (κ2) is 7.56.